The molecule has 2 heterocycles. The average Bonchev–Trinajstić information content (AvgIpc) is 2.87. The van der Waals surface area contributed by atoms with E-state index in [0.717, 1.165) is 32.6 Å². The van der Waals surface area contributed by atoms with Gasteiger partial charge in [-0.1, -0.05) is 12.1 Å². The fourth-order valence-corrected chi connectivity index (χ4v) is 3.36. The molecule has 3 rings (SSSR count). The zero-order chi connectivity index (χ0) is 14.1. The van der Waals surface area contributed by atoms with Gasteiger partial charge in [0.25, 0.3) is 0 Å². The van der Waals surface area contributed by atoms with Gasteiger partial charge in [0.1, 0.15) is 0 Å². The topological polar surface area (TPSA) is 32.3 Å². The third-order valence-electron chi connectivity index (χ3n) is 4.80. The predicted molar refractivity (Wildman–Crippen MR) is 80.9 cm³/mol. The van der Waals surface area contributed by atoms with E-state index in [0.29, 0.717) is 18.2 Å². The molecule has 2 aliphatic rings. The molecule has 1 aromatic rings. The quantitative estimate of drug-likeness (QED) is 0.891. The summed E-state index contributed by atoms with van der Waals surface area (Å²) >= 11 is 0. The fourth-order valence-electron chi connectivity index (χ4n) is 3.36. The molecule has 3 nitrogen and oxygen atoms in total. The Morgan fingerprint density at radius 2 is 2.00 bits per heavy atom. The smallest absolute Gasteiger partial charge is 0.227 e. The molecule has 20 heavy (non-hydrogen) atoms. The number of rotatable bonds is 2. The van der Waals surface area contributed by atoms with E-state index in [1.807, 2.05) is 0 Å². The highest BCUT2D eigenvalue weighted by atomic mass is 16.2. The van der Waals surface area contributed by atoms with Crippen LogP contribution in [0.25, 0.3) is 0 Å². The number of hydrogen-bond donors (Lipinski definition) is 1. The normalized spacial score (nSPS) is 22.8. The zero-order valence-corrected chi connectivity index (χ0v) is 12.5. The van der Waals surface area contributed by atoms with Crippen molar-refractivity contribution in [1.82, 2.24) is 10.2 Å². The number of carbonyl (C=O) groups is 1. The first-order valence-corrected chi connectivity index (χ1v) is 7.71. The Kier molecular flexibility index (Phi) is 3.79. The van der Waals surface area contributed by atoms with Crippen LogP contribution >= 0.6 is 0 Å². The van der Waals surface area contributed by atoms with Gasteiger partial charge in [0, 0.05) is 13.1 Å². The van der Waals surface area contributed by atoms with Crippen LogP contribution in [0.4, 0.5) is 0 Å². The lowest BCUT2D eigenvalue weighted by Gasteiger charge is -2.23. The standard InChI is InChI=1S/C17H24N2O/c1-12-7-15-4-6-19(11-14-3-5-18-10-14)17(20)9-16(15)8-13(12)2/h7-8,14,18H,3-6,9-11H2,1-2H3. The lowest BCUT2D eigenvalue weighted by Crippen LogP contribution is -2.37. The summed E-state index contributed by atoms with van der Waals surface area (Å²) in [6.07, 6.45) is 2.79. The van der Waals surface area contributed by atoms with E-state index in [4.69, 9.17) is 0 Å². The van der Waals surface area contributed by atoms with Gasteiger partial charge in [0.2, 0.25) is 5.91 Å². The van der Waals surface area contributed by atoms with Crippen molar-refractivity contribution in [3.8, 4) is 0 Å². The van der Waals surface area contributed by atoms with Crippen molar-refractivity contribution in [2.45, 2.75) is 33.1 Å². The molecule has 1 unspecified atom stereocenters. The van der Waals surface area contributed by atoms with Crippen molar-refractivity contribution < 1.29 is 4.79 Å². The second-order valence-electron chi connectivity index (χ2n) is 6.33. The Labute approximate surface area is 121 Å². The highest BCUT2D eigenvalue weighted by Crippen LogP contribution is 2.22. The summed E-state index contributed by atoms with van der Waals surface area (Å²) in [5, 5.41) is 3.39. The Hall–Kier alpha value is -1.35. The van der Waals surface area contributed by atoms with Gasteiger partial charge < -0.3 is 10.2 Å². The zero-order valence-electron chi connectivity index (χ0n) is 12.5. The van der Waals surface area contributed by atoms with Crippen LogP contribution in [-0.2, 0) is 17.6 Å². The van der Waals surface area contributed by atoms with Crippen molar-refractivity contribution in [3.05, 3.63) is 34.4 Å². The van der Waals surface area contributed by atoms with E-state index < -0.39 is 0 Å². The molecule has 0 bridgehead atoms. The molecule has 1 saturated heterocycles. The van der Waals surface area contributed by atoms with Crippen LogP contribution in [-0.4, -0.2) is 37.0 Å². The van der Waals surface area contributed by atoms with Crippen LogP contribution in [0.15, 0.2) is 12.1 Å². The Bertz CT molecular complexity index is 518. The monoisotopic (exact) mass is 272 g/mol. The molecular formula is C17H24N2O. The second kappa shape index (κ2) is 5.57. The maximum atomic E-state index is 12.5. The minimum Gasteiger partial charge on any atom is -0.342 e. The Morgan fingerprint density at radius 1 is 1.25 bits per heavy atom. The summed E-state index contributed by atoms with van der Waals surface area (Å²) in [4.78, 5) is 14.6. The maximum Gasteiger partial charge on any atom is 0.227 e. The fraction of sp³-hybridized carbons (Fsp3) is 0.588. The van der Waals surface area contributed by atoms with Crippen molar-refractivity contribution in [2.24, 2.45) is 5.92 Å². The van der Waals surface area contributed by atoms with Crippen LogP contribution in [0, 0.1) is 19.8 Å². The maximum absolute atomic E-state index is 12.5. The molecule has 3 heteroatoms. The second-order valence-corrected chi connectivity index (χ2v) is 6.33. The highest BCUT2D eigenvalue weighted by molar-refractivity contribution is 5.80. The third-order valence-corrected chi connectivity index (χ3v) is 4.80. The van der Waals surface area contributed by atoms with Gasteiger partial charge in [-0.2, -0.15) is 0 Å². The van der Waals surface area contributed by atoms with Gasteiger partial charge in [0.05, 0.1) is 6.42 Å². The lowest BCUT2D eigenvalue weighted by molar-refractivity contribution is -0.130. The molecule has 1 aromatic carbocycles. The number of carbonyl (C=O) groups excluding carboxylic acids is 1. The number of amides is 1. The van der Waals surface area contributed by atoms with Gasteiger partial charge in [0.15, 0.2) is 0 Å². The van der Waals surface area contributed by atoms with Crippen LogP contribution in [0.3, 0.4) is 0 Å². The van der Waals surface area contributed by atoms with Crippen molar-refractivity contribution in [2.75, 3.05) is 26.2 Å². The van der Waals surface area contributed by atoms with Crippen LogP contribution in [0.1, 0.15) is 28.7 Å². The van der Waals surface area contributed by atoms with Crippen LogP contribution in [0.5, 0.6) is 0 Å². The van der Waals surface area contributed by atoms with E-state index in [2.05, 4.69) is 36.2 Å². The van der Waals surface area contributed by atoms with Crippen molar-refractivity contribution >= 4 is 5.91 Å². The molecule has 0 aromatic heterocycles. The summed E-state index contributed by atoms with van der Waals surface area (Å²) < 4.78 is 0. The van der Waals surface area contributed by atoms with E-state index in [1.54, 1.807) is 0 Å². The average molecular weight is 272 g/mol. The number of hydrogen-bond acceptors (Lipinski definition) is 2. The minimum absolute atomic E-state index is 0.305. The Balaban J connectivity index is 1.75. The first-order valence-electron chi connectivity index (χ1n) is 7.71. The van der Waals surface area contributed by atoms with E-state index in [1.165, 1.54) is 28.7 Å². The first kappa shape index (κ1) is 13.6. The van der Waals surface area contributed by atoms with E-state index in [-0.39, 0.29) is 0 Å². The summed E-state index contributed by atoms with van der Waals surface area (Å²) in [6.45, 7) is 8.26. The summed E-state index contributed by atoms with van der Waals surface area (Å²) in [7, 11) is 0. The SMILES string of the molecule is Cc1cc2c(cc1C)CC(=O)N(CC1CCNC1)CC2. The molecule has 0 radical (unpaired) electrons. The molecule has 0 aliphatic carbocycles. The molecule has 0 spiro atoms. The summed E-state index contributed by atoms with van der Waals surface area (Å²) in [5.74, 6) is 0.947. The van der Waals surface area contributed by atoms with Gasteiger partial charge in [-0.15, -0.1) is 0 Å². The van der Waals surface area contributed by atoms with Gasteiger partial charge in [-0.05, 0) is 68.0 Å². The molecule has 1 N–H and O–H groups in total. The molecule has 1 fully saturated rings. The van der Waals surface area contributed by atoms with Gasteiger partial charge in [-0.25, -0.2) is 0 Å². The summed E-state index contributed by atoms with van der Waals surface area (Å²) in [5.41, 5.74) is 5.24. The van der Waals surface area contributed by atoms with Crippen LogP contribution in [0.2, 0.25) is 0 Å². The third kappa shape index (κ3) is 2.73. The largest absolute Gasteiger partial charge is 0.342 e. The van der Waals surface area contributed by atoms with Crippen LogP contribution < -0.4 is 5.32 Å². The minimum atomic E-state index is 0.305. The van der Waals surface area contributed by atoms with Crippen molar-refractivity contribution in [1.29, 1.82) is 0 Å². The lowest BCUT2D eigenvalue weighted by atomic mass is 9.97. The van der Waals surface area contributed by atoms with E-state index in [9.17, 15) is 4.79 Å². The molecular weight excluding hydrogens is 248 g/mol. The Morgan fingerprint density at radius 3 is 2.70 bits per heavy atom. The number of benzene rings is 1. The van der Waals surface area contributed by atoms with Gasteiger partial charge >= 0.3 is 0 Å². The van der Waals surface area contributed by atoms with Crippen molar-refractivity contribution in [3.63, 3.8) is 0 Å². The molecule has 0 saturated carbocycles. The first-order chi connectivity index (χ1) is 9.63. The number of fused-ring (bicyclic) bond motifs is 1. The van der Waals surface area contributed by atoms with E-state index >= 15 is 0 Å². The van der Waals surface area contributed by atoms with Gasteiger partial charge in [-0.3, -0.25) is 4.79 Å². The predicted octanol–water partition coefficient (Wildman–Crippen LogP) is 1.84. The number of nitrogens with one attached hydrogen (secondary N) is 1. The summed E-state index contributed by atoms with van der Waals surface area (Å²) in [6, 6.07) is 4.49. The molecule has 2 aliphatic heterocycles. The number of aryl methyl sites for hydroxylation is 2. The molecule has 108 valence electrons. The molecule has 1 amide bonds. The highest BCUT2D eigenvalue weighted by Gasteiger charge is 2.25. The molecule has 1 atom stereocenters. The number of nitrogens with zero attached hydrogens (tertiary/aromatic N) is 1.